The number of anilines is 2. The van der Waals surface area contributed by atoms with E-state index in [2.05, 4.69) is 36.6 Å². The van der Waals surface area contributed by atoms with Crippen LogP contribution in [0.5, 0.6) is 11.5 Å². The summed E-state index contributed by atoms with van der Waals surface area (Å²) in [4.78, 5) is 17.9. The molecule has 2 heterocycles. The first kappa shape index (κ1) is 25.8. The number of carbonyl (C=O) groups excluding carboxylic acids is 1. The van der Waals surface area contributed by atoms with E-state index in [0.717, 1.165) is 11.1 Å². The first-order valence-corrected chi connectivity index (χ1v) is 13.2. The zero-order valence-electron chi connectivity index (χ0n) is 20.7. The molecule has 1 amide bonds. The molecule has 0 saturated carbocycles. The highest BCUT2D eigenvalue weighted by Crippen LogP contribution is 2.43. The highest BCUT2D eigenvalue weighted by molar-refractivity contribution is 9.10. The zero-order chi connectivity index (χ0) is 26.6. The molecule has 10 heteroatoms. The van der Waals surface area contributed by atoms with Gasteiger partial charge in [-0.15, -0.1) is 0 Å². The third-order valence-corrected chi connectivity index (χ3v) is 7.01. The third kappa shape index (κ3) is 5.25. The van der Waals surface area contributed by atoms with E-state index in [-0.39, 0.29) is 12.5 Å². The summed E-state index contributed by atoms with van der Waals surface area (Å²) in [6, 6.07) is 20.1. The van der Waals surface area contributed by atoms with Crippen molar-refractivity contribution in [2.24, 2.45) is 0 Å². The number of rotatable bonds is 8. The van der Waals surface area contributed by atoms with Crippen molar-refractivity contribution in [3.63, 3.8) is 0 Å². The molecule has 1 aliphatic rings. The molecule has 1 unspecified atom stereocenters. The third-order valence-electron chi connectivity index (χ3n) is 6.05. The quantitative estimate of drug-likeness (QED) is 0.239. The summed E-state index contributed by atoms with van der Waals surface area (Å²) in [5.74, 6) is 1.36. The van der Waals surface area contributed by atoms with Gasteiger partial charge in [0.2, 0.25) is 5.95 Å². The summed E-state index contributed by atoms with van der Waals surface area (Å²) in [7, 11) is 0. The van der Waals surface area contributed by atoms with Crippen LogP contribution in [0.3, 0.4) is 0 Å². The second-order valence-electron chi connectivity index (χ2n) is 8.56. The number of nitrogens with one attached hydrogen (secondary N) is 2. The monoisotopic (exact) mass is 593 g/mol. The highest BCUT2D eigenvalue weighted by Gasteiger charge is 2.34. The standard InChI is InChI=1S/C28H25BrClN5O3/c1-3-37-23-14-19(13-21(29)26(23)38-15-18-9-7-8-12-22(18)30)25-24(17(2)33-28-31-16-32-35(25)28)27(36)34-20-10-5-4-6-11-20/h4-14,16,25H,3,15H2,1-2H3,(H,34,36)(H,31,32,33). The van der Waals surface area contributed by atoms with Crippen molar-refractivity contribution in [3.8, 4) is 11.5 Å². The van der Waals surface area contributed by atoms with Crippen LogP contribution in [0.25, 0.3) is 0 Å². The lowest BCUT2D eigenvalue weighted by molar-refractivity contribution is -0.113. The van der Waals surface area contributed by atoms with Crippen LogP contribution >= 0.6 is 27.5 Å². The first-order valence-electron chi connectivity index (χ1n) is 12.0. The fraction of sp³-hybridized carbons (Fsp3) is 0.179. The Kier molecular flexibility index (Phi) is 7.67. The lowest BCUT2D eigenvalue weighted by Gasteiger charge is -2.29. The Bertz CT molecular complexity index is 1510. The maximum atomic E-state index is 13.6. The van der Waals surface area contributed by atoms with Gasteiger partial charge in [0.25, 0.3) is 5.91 Å². The minimum atomic E-state index is -0.564. The van der Waals surface area contributed by atoms with E-state index in [1.54, 1.807) is 4.68 Å². The molecule has 4 aromatic rings. The average Bonchev–Trinajstić information content (AvgIpc) is 3.37. The molecule has 38 heavy (non-hydrogen) atoms. The molecule has 1 aromatic heterocycles. The van der Waals surface area contributed by atoms with Crippen LogP contribution in [0.4, 0.5) is 11.6 Å². The molecule has 0 spiro atoms. The van der Waals surface area contributed by atoms with Crippen LogP contribution in [0.15, 0.2) is 88.8 Å². The van der Waals surface area contributed by atoms with Gasteiger partial charge in [0.05, 0.1) is 16.7 Å². The summed E-state index contributed by atoms with van der Waals surface area (Å²) in [5.41, 5.74) is 3.51. The van der Waals surface area contributed by atoms with Crippen molar-refractivity contribution >= 4 is 45.1 Å². The fourth-order valence-corrected chi connectivity index (χ4v) is 5.09. The van der Waals surface area contributed by atoms with Gasteiger partial charge in [-0.2, -0.15) is 10.1 Å². The Hall–Kier alpha value is -3.82. The molecule has 1 atom stereocenters. The Morgan fingerprint density at radius 3 is 2.66 bits per heavy atom. The van der Waals surface area contributed by atoms with Gasteiger partial charge in [0, 0.05) is 22.0 Å². The van der Waals surface area contributed by atoms with E-state index in [1.807, 2.05) is 80.6 Å². The molecule has 0 bridgehead atoms. The Morgan fingerprint density at radius 2 is 1.89 bits per heavy atom. The number of benzene rings is 3. The molecule has 0 aliphatic carbocycles. The summed E-state index contributed by atoms with van der Waals surface area (Å²) < 4.78 is 14.5. The Balaban J connectivity index is 1.54. The van der Waals surface area contributed by atoms with Gasteiger partial charge in [-0.25, -0.2) is 4.68 Å². The van der Waals surface area contributed by atoms with E-state index in [4.69, 9.17) is 21.1 Å². The Labute approximate surface area is 233 Å². The molecule has 194 valence electrons. The van der Waals surface area contributed by atoms with Gasteiger partial charge in [-0.1, -0.05) is 48.0 Å². The minimum Gasteiger partial charge on any atom is -0.490 e. The molecule has 2 N–H and O–H groups in total. The normalized spacial score (nSPS) is 14.5. The molecule has 8 nitrogen and oxygen atoms in total. The van der Waals surface area contributed by atoms with Gasteiger partial charge < -0.3 is 20.1 Å². The van der Waals surface area contributed by atoms with E-state index in [1.165, 1.54) is 6.33 Å². The number of carbonyl (C=O) groups is 1. The van der Waals surface area contributed by atoms with E-state index < -0.39 is 6.04 Å². The van der Waals surface area contributed by atoms with E-state index >= 15 is 0 Å². The van der Waals surface area contributed by atoms with Crippen LogP contribution < -0.4 is 20.1 Å². The molecule has 0 saturated heterocycles. The van der Waals surface area contributed by atoms with Crippen molar-refractivity contribution < 1.29 is 14.3 Å². The van der Waals surface area contributed by atoms with Crippen molar-refractivity contribution in [2.45, 2.75) is 26.5 Å². The maximum absolute atomic E-state index is 13.6. The lowest BCUT2D eigenvalue weighted by Crippen LogP contribution is -2.31. The number of aromatic nitrogens is 3. The summed E-state index contributed by atoms with van der Waals surface area (Å²) in [5, 5.41) is 11.2. The number of nitrogens with zero attached hydrogens (tertiary/aromatic N) is 3. The average molecular weight is 595 g/mol. The van der Waals surface area contributed by atoms with Gasteiger partial charge in [-0.05, 0) is 65.7 Å². The summed E-state index contributed by atoms with van der Waals surface area (Å²) >= 11 is 9.99. The molecule has 1 aliphatic heterocycles. The predicted octanol–water partition coefficient (Wildman–Crippen LogP) is 6.60. The topological polar surface area (TPSA) is 90.3 Å². The summed E-state index contributed by atoms with van der Waals surface area (Å²) in [6.45, 7) is 4.45. The fourth-order valence-electron chi connectivity index (χ4n) is 4.33. The van der Waals surface area contributed by atoms with Crippen LogP contribution in [-0.2, 0) is 11.4 Å². The van der Waals surface area contributed by atoms with Gasteiger partial charge >= 0.3 is 0 Å². The second-order valence-corrected chi connectivity index (χ2v) is 9.82. The molecule has 5 rings (SSSR count). The van der Waals surface area contributed by atoms with Crippen molar-refractivity contribution in [1.82, 2.24) is 14.8 Å². The van der Waals surface area contributed by atoms with Crippen molar-refractivity contribution in [3.05, 3.63) is 105 Å². The number of hydrogen-bond acceptors (Lipinski definition) is 6. The predicted molar refractivity (Wildman–Crippen MR) is 151 cm³/mol. The van der Waals surface area contributed by atoms with Gasteiger partial charge in [0.15, 0.2) is 11.5 Å². The van der Waals surface area contributed by atoms with Crippen LogP contribution in [0, 0.1) is 0 Å². The maximum Gasteiger partial charge on any atom is 0.255 e. The molecule has 0 radical (unpaired) electrons. The molecular formula is C28H25BrClN5O3. The number of ether oxygens (including phenoxy) is 2. The van der Waals surface area contributed by atoms with Crippen LogP contribution in [0.1, 0.15) is 31.0 Å². The number of para-hydroxylation sites is 1. The largest absolute Gasteiger partial charge is 0.490 e. The summed E-state index contributed by atoms with van der Waals surface area (Å²) in [6.07, 6.45) is 1.46. The van der Waals surface area contributed by atoms with Crippen LogP contribution in [-0.4, -0.2) is 27.3 Å². The number of allylic oxidation sites excluding steroid dienone is 1. The van der Waals surface area contributed by atoms with Crippen molar-refractivity contribution in [2.75, 3.05) is 17.2 Å². The molecule has 3 aromatic carbocycles. The number of fused-ring (bicyclic) bond motifs is 1. The zero-order valence-corrected chi connectivity index (χ0v) is 23.1. The minimum absolute atomic E-state index is 0.250. The lowest BCUT2D eigenvalue weighted by atomic mass is 9.94. The molecule has 0 fully saturated rings. The highest BCUT2D eigenvalue weighted by atomic mass is 79.9. The van der Waals surface area contributed by atoms with Gasteiger partial charge in [-0.3, -0.25) is 4.79 Å². The van der Waals surface area contributed by atoms with Crippen LogP contribution in [0.2, 0.25) is 5.02 Å². The first-order chi connectivity index (χ1) is 18.5. The number of amides is 1. The number of halogens is 2. The van der Waals surface area contributed by atoms with Crippen molar-refractivity contribution in [1.29, 1.82) is 0 Å². The van der Waals surface area contributed by atoms with Gasteiger partial charge in [0.1, 0.15) is 19.0 Å². The molecular weight excluding hydrogens is 570 g/mol. The van der Waals surface area contributed by atoms with E-state index in [9.17, 15) is 4.79 Å². The smallest absolute Gasteiger partial charge is 0.255 e. The van der Waals surface area contributed by atoms with E-state index in [0.29, 0.717) is 50.5 Å². The number of hydrogen-bond donors (Lipinski definition) is 2. The Morgan fingerprint density at radius 1 is 1.13 bits per heavy atom. The SMILES string of the molecule is CCOc1cc(C2C(C(=O)Nc3ccccc3)=C(C)Nc3ncnn32)cc(Br)c1OCc1ccccc1Cl. The second kappa shape index (κ2) is 11.3.